The number of oxazole rings is 1. The van der Waals surface area contributed by atoms with Crippen LogP contribution in [-0.2, 0) is 9.84 Å². The third-order valence-electron chi connectivity index (χ3n) is 3.41. The molecule has 0 radical (unpaired) electrons. The Morgan fingerprint density at radius 3 is 2.64 bits per heavy atom. The van der Waals surface area contributed by atoms with E-state index < -0.39 is 15.7 Å². The van der Waals surface area contributed by atoms with Crippen LogP contribution in [0.5, 0.6) is 0 Å². The summed E-state index contributed by atoms with van der Waals surface area (Å²) in [5.41, 5.74) is 0. The Morgan fingerprint density at radius 1 is 1.24 bits per heavy atom. The Bertz CT molecular complexity index is 932. The van der Waals surface area contributed by atoms with Crippen molar-refractivity contribution in [3.63, 3.8) is 0 Å². The highest BCUT2D eigenvalue weighted by Crippen LogP contribution is 2.36. The maximum absolute atomic E-state index is 13.1. The first kappa shape index (κ1) is 18.2. The van der Waals surface area contributed by atoms with E-state index in [9.17, 15) is 12.8 Å². The molecular formula is C17H16FNO3S3. The van der Waals surface area contributed by atoms with Gasteiger partial charge in [0.15, 0.2) is 0 Å². The van der Waals surface area contributed by atoms with Crippen molar-refractivity contribution in [3.05, 3.63) is 47.6 Å². The van der Waals surface area contributed by atoms with E-state index in [1.807, 2.05) is 17.5 Å². The first-order valence-electron chi connectivity index (χ1n) is 7.70. The van der Waals surface area contributed by atoms with Gasteiger partial charge in [0.25, 0.3) is 0 Å². The van der Waals surface area contributed by atoms with Crippen LogP contribution in [-0.4, -0.2) is 19.2 Å². The highest BCUT2D eigenvalue weighted by atomic mass is 32.2. The molecule has 2 heterocycles. The molecule has 3 aromatic rings. The monoisotopic (exact) mass is 397 g/mol. The van der Waals surface area contributed by atoms with Crippen molar-refractivity contribution in [2.24, 2.45) is 0 Å². The zero-order valence-electron chi connectivity index (χ0n) is 13.4. The highest BCUT2D eigenvalue weighted by molar-refractivity contribution is 8.00. The van der Waals surface area contributed by atoms with Crippen molar-refractivity contribution >= 4 is 32.9 Å². The molecule has 2 aromatic heterocycles. The van der Waals surface area contributed by atoms with Gasteiger partial charge in [0.1, 0.15) is 5.82 Å². The lowest BCUT2D eigenvalue weighted by atomic mass is 10.4. The van der Waals surface area contributed by atoms with Crippen molar-refractivity contribution in [1.82, 2.24) is 4.98 Å². The normalized spacial score (nSPS) is 11.8. The van der Waals surface area contributed by atoms with Crippen molar-refractivity contribution in [1.29, 1.82) is 0 Å². The summed E-state index contributed by atoms with van der Waals surface area (Å²) in [6.45, 7) is 2.06. The average Bonchev–Trinajstić information content (AvgIpc) is 3.25. The Balaban J connectivity index is 2.04. The van der Waals surface area contributed by atoms with E-state index in [-0.39, 0.29) is 20.9 Å². The molecule has 0 amide bonds. The van der Waals surface area contributed by atoms with Crippen LogP contribution < -0.4 is 0 Å². The molecule has 0 atom stereocenters. The van der Waals surface area contributed by atoms with Crippen molar-refractivity contribution in [2.45, 2.75) is 34.8 Å². The predicted octanol–water partition coefficient (Wildman–Crippen LogP) is 5.27. The van der Waals surface area contributed by atoms with Crippen LogP contribution in [0.15, 0.2) is 61.2 Å². The van der Waals surface area contributed by atoms with Gasteiger partial charge in [-0.25, -0.2) is 12.8 Å². The summed E-state index contributed by atoms with van der Waals surface area (Å²) >= 11 is 2.76. The third-order valence-corrected chi connectivity index (χ3v) is 7.11. The van der Waals surface area contributed by atoms with Crippen LogP contribution >= 0.6 is 23.1 Å². The molecule has 1 aromatic carbocycles. The number of unbranched alkanes of at least 4 members (excludes halogenated alkanes) is 1. The minimum atomic E-state index is -3.88. The lowest BCUT2D eigenvalue weighted by Crippen LogP contribution is -2.04. The van der Waals surface area contributed by atoms with Gasteiger partial charge in [0, 0.05) is 5.75 Å². The van der Waals surface area contributed by atoms with Crippen LogP contribution in [0.4, 0.5) is 4.39 Å². The van der Waals surface area contributed by atoms with Crippen molar-refractivity contribution < 1.29 is 17.2 Å². The molecule has 0 saturated carbocycles. The standard InChI is InChI=1S/C17H16FNO3S3/c1-2-3-10-24-17-16(19-15(22-17)14-5-4-11-23-14)25(20,21)13-8-6-12(18)7-9-13/h4-9,11H,2-3,10H2,1H3. The van der Waals surface area contributed by atoms with Gasteiger partial charge < -0.3 is 4.42 Å². The largest absolute Gasteiger partial charge is 0.428 e. The number of benzene rings is 1. The van der Waals surface area contributed by atoms with Gasteiger partial charge in [-0.2, -0.15) is 4.98 Å². The molecule has 132 valence electrons. The molecular weight excluding hydrogens is 381 g/mol. The molecule has 0 unspecified atom stereocenters. The van der Waals surface area contributed by atoms with Crippen LogP contribution in [0.2, 0.25) is 0 Å². The number of sulfone groups is 1. The molecule has 0 fully saturated rings. The fraction of sp³-hybridized carbons (Fsp3) is 0.235. The summed E-state index contributed by atoms with van der Waals surface area (Å²) in [5.74, 6) is 0.534. The minimum Gasteiger partial charge on any atom is -0.428 e. The van der Waals surface area contributed by atoms with Crippen LogP contribution in [0.3, 0.4) is 0 Å². The van der Waals surface area contributed by atoms with Gasteiger partial charge >= 0.3 is 0 Å². The second-order valence-corrected chi connectivity index (χ2v) is 9.13. The number of halogens is 1. The zero-order valence-corrected chi connectivity index (χ0v) is 15.9. The number of thioether (sulfide) groups is 1. The SMILES string of the molecule is CCCCSc1oc(-c2cccs2)nc1S(=O)(=O)c1ccc(F)cc1. The fourth-order valence-electron chi connectivity index (χ4n) is 2.09. The first-order chi connectivity index (χ1) is 12.0. The highest BCUT2D eigenvalue weighted by Gasteiger charge is 2.28. The summed E-state index contributed by atoms with van der Waals surface area (Å²) in [6, 6.07) is 8.40. The van der Waals surface area contributed by atoms with Crippen LogP contribution in [0, 0.1) is 5.82 Å². The number of aromatic nitrogens is 1. The lowest BCUT2D eigenvalue weighted by Gasteiger charge is -2.03. The summed E-state index contributed by atoms with van der Waals surface area (Å²) < 4.78 is 44.7. The molecule has 8 heteroatoms. The van der Waals surface area contributed by atoms with Gasteiger partial charge in [-0.05, 0) is 42.1 Å². The van der Waals surface area contributed by atoms with Gasteiger partial charge in [-0.1, -0.05) is 31.2 Å². The van der Waals surface area contributed by atoms with Crippen LogP contribution in [0.25, 0.3) is 10.8 Å². The molecule has 4 nitrogen and oxygen atoms in total. The fourth-order valence-corrected chi connectivity index (χ4v) is 5.36. The smallest absolute Gasteiger partial charge is 0.238 e. The summed E-state index contributed by atoms with van der Waals surface area (Å²) in [7, 11) is -3.88. The maximum Gasteiger partial charge on any atom is 0.238 e. The van der Waals surface area contributed by atoms with Gasteiger partial charge in [0.2, 0.25) is 25.8 Å². The van der Waals surface area contributed by atoms with E-state index in [1.165, 1.54) is 35.2 Å². The Hall–Kier alpha value is -1.64. The molecule has 0 aliphatic heterocycles. The lowest BCUT2D eigenvalue weighted by molar-refractivity contribution is 0.471. The molecule has 0 N–H and O–H groups in total. The molecule has 3 rings (SSSR count). The predicted molar refractivity (Wildman–Crippen MR) is 97.3 cm³/mol. The van der Waals surface area contributed by atoms with E-state index >= 15 is 0 Å². The first-order valence-corrected chi connectivity index (χ1v) is 11.1. The number of hydrogen-bond donors (Lipinski definition) is 0. The van der Waals surface area contributed by atoms with Gasteiger partial charge in [0.05, 0.1) is 9.77 Å². The van der Waals surface area contributed by atoms with E-state index in [0.717, 1.165) is 35.6 Å². The maximum atomic E-state index is 13.1. The van der Waals surface area contributed by atoms with Crippen molar-refractivity contribution in [3.8, 4) is 10.8 Å². The van der Waals surface area contributed by atoms with Gasteiger partial charge in [-0.3, -0.25) is 0 Å². The van der Waals surface area contributed by atoms with E-state index in [0.29, 0.717) is 0 Å². The topological polar surface area (TPSA) is 60.2 Å². The summed E-state index contributed by atoms with van der Waals surface area (Å²) in [4.78, 5) is 5.00. The summed E-state index contributed by atoms with van der Waals surface area (Å²) in [6.07, 6.45) is 1.94. The Morgan fingerprint density at radius 2 is 2.00 bits per heavy atom. The molecule has 25 heavy (non-hydrogen) atoms. The Labute approximate surface area is 154 Å². The zero-order chi connectivity index (χ0) is 17.9. The second kappa shape index (κ2) is 7.72. The minimum absolute atomic E-state index is 0.00253. The van der Waals surface area contributed by atoms with E-state index in [1.54, 1.807) is 0 Å². The average molecular weight is 398 g/mol. The van der Waals surface area contributed by atoms with E-state index in [2.05, 4.69) is 11.9 Å². The van der Waals surface area contributed by atoms with Crippen LogP contribution in [0.1, 0.15) is 19.8 Å². The number of thiophene rings is 1. The van der Waals surface area contributed by atoms with Crippen molar-refractivity contribution in [2.75, 3.05) is 5.75 Å². The number of nitrogens with zero attached hydrogens (tertiary/aromatic N) is 1. The number of hydrogen-bond acceptors (Lipinski definition) is 6. The molecule has 0 bridgehead atoms. The second-order valence-electron chi connectivity index (χ2n) is 5.25. The molecule has 0 aliphatic rings. The quantitative estimate of drug-likeness (QED) is 0.309. The molecule has 0 aliphatic carbocycles. The number of rotatable bonds is 7. The molecule has 0 saturated heterocycles. The molecule has 0 spiro atoms. The van der Waals surface area contributed by atoms with Gasteiger partial charge in [-0.15, -0.1) is 11.3 Å². The Kier molecular flexibility index (Phi) is 5.61. The van der Waals surface area contributed by atoms with E-state index in [4.69, 9.17) is 4.42 Å². The third kappa shape index (κ3) is 3.96. The summed E-state index contributed by atoms with van der Waals surface area (Å²) in [5, 5.41) is 2.04.